The predicted octanol–water partition coefficient (Wildman–Crippen LogP) is 3.07. The van der Waals surface area contributed by atoms with E-state index < -0.39 is 0 Å². The van der Waals surface area contributed by atoms with Crippen LogP contribution in [-0.4, -0.2) is 50.8 Å². The fourth-order valence-corrected chi connectivity index (χ4v) is 3.43. The highest BCUT2D eigenvalue weighted by Gasteiger charge is 2.22. The second kappa shape index (κ2) is 8.67. The summed E-state index contributed by atoms with van der Waals surface area (Å²) in [6, 6.07) is 6.43. The van der Waals surface area contributed by atoms with Crippen LogP contribution in [0.3, 0.4) is 0 Å². The molecular weight excluding hydrogens is 379 g/mol. The van der Waals surface area contributed by atoms with Crippen LogP contribution in [0, 0.1) is 12.7 Å². The molecule has 1 aromatic carbocycles. The SMILES string of the molecule is Cc1c(CN2CCN(c3nccnc3-c3ccc(F)cc3)CC2)cnn1C.Cl. The third-order valence-electron chi connectivity index (χ3n) is 5.20. The average Bonchev–Trinajstić information content (AvgIpc) is 3.01. The van der Waals surface area contributed by atoms with Gasteiger partial charge in [0.25, 0.3) is 0 Å². The average molecular weight is 403 g/mol. The van der Waals surface area contributed by atoms with E-state index in [4.69, 9.17) is 0 Å². The minimum atomic E-state index is -0.247. The van der Waals surface area contributed by atoms with Crippen LogP contribution in [0.2, 0.25) is 0 Å². The normalized spacial score (nSPS) is 14.8. The Balaban J connectivity index is 0.00000225. The van der Waals surface area contributed by atoms with Crippen molar-refractivity contribution in [3.63, 3.8) is 0 Å². The topological polar surface area (TPSA) is 50.1 Å². The minimum absolute atomic E-state index is 0. The first-order valence-corrected chi connectivity index (χ1v) is 9.13. The van der Waals surface area contributed by atoms with Gasteiger partial charge in [-0.05, 0) is 31.2 Å². The van der Waals surface area contributed by atoms with E-state index in [0.29, 0.717) is 0 Å². The van der Waals surface area contributed by atoms with Gasteiger partial charge in [-0.3, -0.25) is 14.6 Å². The first-order chi connectivity index (χ1) is 13.1. The smallest absolute Gasteiger partial charge is 0.155 e. The number of aromatic nitrogens is 4. The number of rotatable bonds is 4. The molecule has 8 heteroatoms. The Bertz CT molecular complexity index is 919. The molecule has 148 valence electrons. The van der Waals surface area contributed by atoms with Gasteiger partial charge in [0.05, 0.1) is 6.20 Å². The molecule has 0 atom stereocenters. The summed E-state index contributed by atoms with van der Waals surface area (Å²) in [5.74, 6) is 0.616. The molecule has 0 aliphatic carbocycles. The molecule has 1 aliphatic rings. The van der Waals surface area contributed by atoms with Crippen molar-refractivity contribution in [2.24, 2.45) is 7.05 Å². The molecule has 0 unspecified atom stereocenters. The van der Waals surface area contributed by atoms with Gasteiger partial charge in [0.15, 0.2) is 5.82 Å². The van der Waals surface area contributed by atoms with Crippen molar-refractivity contribution in [2.75, 3.05) is 31.1 Å². The lowest BCUT2D eigenvalue weighted by molar-refractivity contribution is 0.249. The lowest BCUT2D eigenvalue weighted by Gasteiger charge is -2.35. The van der Waals surface area contributed by atoms with Gasteiger partial charge < -0.3 is 4.90 Å². The molecule has 6 nitrogen and oxygen atoms in total. The van der Waals surface area contributed by atoms with Crippen molar-refractivity contribution in [1.82, 2.24) is 24.6 Å². The van der Waals surface area contributed by atoms with Crippen LogP contribution >= 0.6 is 12.4 Å². The first kappa shape index (κ1) is 20.2. The lowest BCUT2D eigenvalue weighted by Crippen LogP contribution is -2.46. The van der Waals surface area contributed by atoms with E-state index in [1.165, 1.54) is 23.4 Å². The van der Waals surface area contributed by atoms with Gasteiger partial charge in [0.1, 0.15) is 11.5 Å². The van der Waals surface area contributed by atoms with Crippen molar-refractivity contribution in [1.29, 1.82) is 0 Å². The number of piperazine rings is 1. The van der Waals surface area contributed by atoms with E-state index in [0.717, 1.165) is 49.8 Å². The summed E-state index contributed by atoms with van der Waals surface area (Å²) in [7, 11) is 1.97. The number of halogens is 2. The van der Waals surface area contributed by atoms with Crippen LogP contribution in [0.1, 0.15) is 11.3 Å². The third-order valence-corrected chi connectivity index (χ3v) is 5.20. The van der Waals surface area contributed by atoms with Gasteiger partial charge in [0.2, 0.25) is 0 Å². The standard InChI is InChI=1S/C20H23FN6.ClH/c1-15-17(13-24-25(15)2)14-26-9-11-27(12-10-26)20-19(22-7-8-23-20)16-3-5-18(21)6-4-16;/h3-8,13H,9-12,14H2,1-2H3;1H. The zero-order valence-electron chi connectivity index (χ0n) is 16.0. The predicted molar refractivity (Wildman–Crippen MR) is 110 cm³/mol. The molecule has 0 saturated carbocycles. The number of aryl methyl sites for hydroxylation is 1. The number of hydrogen-bond donors (Lipinski definition) is 0. The van der Waals surface area contributed by atoms with E-state index in [1.54, 1.807) is 24.5 Å². The van der Waals surface area contributed by atoms with Crippen LogP contribution in [0.4, 0.5) is 10.2 Å². The van der Waals surface area contributed by atoms with Crippen LogP contribution in [0.5, 0.6) is 0 Å². The summed E-state index contributed by atoms with van der Waals surface area (Å²) in [5.41, 5.74) is 4.17. The molecule has 0 bridgehead atoms. The Morgan fingerprint density at radius 3 is 2.32 bits per heavy atom. The van der Waals surface area contributed by atoms with Crippen LogP contribution in [0.15, 0.2) is 42.9 Å². The van der Waals surface area contributed by atoms with Gasteiger partial charge in [-0.15, -0.1) is 12.4 Å². The van der Waals surface area contributed by atoms with Crippen LogP contribution in [-0.2, 0) is 13.6 Å². The molecule has 28 heavy (non-hydrogen) atoms. The Hall–Kier alpha value is -2.51. The molecule has 0 amide bonds. The second-order valence-corrected chi connectivity index (χ2v) is 6.88. The van der Waals surface area contributed by atoms with Gasteiger partial charge in [0, 0.05) is 69.0 Å². The van der Waals surface area contributed by atoms with Gasteiger partial charge >= 0.3 is 0 Å². The quantitative estimate of drug-likeness (QED) is 0.671. The summed E-state index contributed by atoms with van der Waals surface area (Å²) in [6.07, 6.45) is 5.36. The maximum atomic E-state index is 13.3. The highest BCUT2D eigenvalue weighted by Crippen LogP contribution is 2.27. The summed E-state index contributed by atoms with van der Waals surface area (Å²) < 4.78 is 15.2. The number of nitrogens with zero attached hydrogens (tertiary/aromatic N) is 6. The van der Waals surface area contributed by atoms with E-state index in [9.17, 15) is 4.39 Å². The molecule has 0 spiro atoms. The van der Waals surface area contributed by atoms with E-state index >= 15 is 0 Å². The van der Waals surface area contributed by atoms with Crippen molar-refractivity contribution >= 4 is 18.2 Å². The molecule has 1 aliphatic heterocycles. The molecule has 1 saturated heterocycles. The Morgan fingerprint density at radius 2 is 1.68 bits per heavy atom. The third kappa shape index (κ3) is 4.15. The Morgan fingerprint density at radius 1 is 1.00 bits per heavy atom. The number of benzene rings is 1. The summed E-state index contributed by atoms with van der Waals surface area (Å²) in [4.78, 5) is 13.8. The van der Waals surface area contributed by atoms with Crippen LogP contribution < -0.4 is 4.90 Å². The minimum Gasteiger partial charge on any atom is -0.352 e. The van der Waals surface area contributed by atoms with Crippen molar-refractivity contribution in [2.45, 2.75) is 13.5 Å². The van der Waals surface area contributed by atoms with Gasteiger partial charge in [-0.2, -0.15) is 5.10 Å². The molecule has 2 aromatic heterocycles. The number of hydrogen-bond acceptors (Lipinski definition) is 5. The zero-order chi connectivity index (χ0) is 18.8. The highest BCUT2D eigenvalue weighted by molar-refractivity contribution is 5.85. The summed E-state index contributed by atoms with van der Waals surface area (Å²) in [5, 5.41) is 4.33. The van der Waals surface area contributed by atoms with Gasteiger partial charge in [-0.1, -0.05) is 0 Å². The first-order valence-electron chi connectivity index (χ1n) is 9.13. The second-order valence-electron chi connectivity index (χ2n) is 6.88. The zero-order valence-corrected chi connectivity index (χ0v) is 16.9. The van der Waals surface area contributed by atoms with Crippen LogP contribution in [0.25, 0.3) is 11.3 Å². The molecule has 4 rings (SSSR count). The summed E-state index contributed by atoms with van der Waals surface area (Å²) >= 11 is 0. The fraction of sp³-hybridized carbons (Fsp3) is 0.350. The van der Waals surface area contributed by atoms with Crippen molar-refractivity contribution in [3.05, 3.63) is 59.9 Å². The van der Waals surface area contributed by atoms with Gasteiger partial charge in [-0.25, -0.2) is 9.37 Å². The largest absolute Gasteiger partial charge is 0.352 e. The fourth-order valence-electron chi connectivity index (χ4n) is 3.43. The maximum Gasteiger partial charge on any atom is 0.155 e. The van der Waals surface area contributed by atoms with E-state index in [-0.39, 0.29) is 18.2 Å². The molecule has 3 heterocycles. The summed E-state index contributed by atoms with van der Waals surface area (Å²) in [6.45, 7) is 6.69. The monoisotopic (exact) mass is 402 g/mol. The molecule has 0 N–H and O–H groups in total. The Labute approximate surface area is 170 Å². The molecular formula is C20H24ClFN6. The lowest BCUT2D eigenvalue weighted by atomic mass is 10.1. The molecule has 0 radical (unpaired) electrons. The van der Waals surface area contributed by atoms with E-state index in [1.807, 2.05) is 17.9 Å². The van der Waals surface area contributed by atoms with E-state index in [2.05, 4.69) is 31.8 Å². The highest BCUT2D eigenvalue weighted by atomic mass is 35.5. The Kier molecular flexibility index (Phi) is 6.26. The maximum absolute atomic E-state index is 13.3. The van der Waals surface area contributed by atoms with Crippen molar-refractivity contribution < 1.29 is 4.39 Å². The number of anilines is 1. The molecule has 3 aromatic rings. The molecule has 1 fully saturated rings. The van der Waals surface area contributed by atoms with Crippen molar-refractivity contribution in [3.8, 4) is 11.3 Å².